The molecule has 1 heterocycles. The minimum Gasteiger partial charge on any atom is -0.410 e. The van der Waals surface area contributed by atoms with E-state index in [1.54, 1.807) is 45.6 Å². The SMILES string of the molecule is CO[Si](CCCNC(=O)Oc1ccc(C(=O)C(C)(C)N2CCOCC2)cc1)(OC)OC. The van der Waals surface area contributed by atoms with Crippen LogP contribution >= 0.6 is 0 Å². The molecule has 0 bridgehead atoms. The Hall–Kier alpha value is -1.82. The van der Waals surface area contributed by atoms with E-state index >= 15 is 0 Å². The lowest BCUT2D eigenvalue weighted by molar-refractivity contribution is -0.00429. The molecule has 1 aliphatic heterocycles. The Labute approximate surface area is 185 Å². The van der Waals surface area contributed by atoms with E-state index in [1.807, 2.05) is 13.8 Å². The first-order valence-electron chi connectivity index (χ1n) is 10.4. The van der Waals surface area contributed by atoms with Crippen molar-refractivity contribution in [2.45, 2.75) is 31.9 Å². The van der Waals surface area contributed by atoms with Crippen LogP contribution < -0.4 is 10.1 Å². The second-order valence-corrected chi connectivity index (χ2v) is 10.8. The molecule has 0 spiro atoms. The first-order valence-corrected chi connectivity index (χ1v) is 12.3. The molecule has 1 fully saturated rings. The van der Waals surface area contributed by atoms with Gasteiger partial charge in [-0.3, -0.25) is 9.69 Å². The largest absolute Gasteiger partial charge is 0.500 e. The molecule has 0 radical (unpaired) electrons. The predicted octanol–water partition coefficient (Wildman–Crippen LogP) is 2.34. The molecule has 1 N–H and O–H groups in total. The van der Waals surface area contributed by atoms with Crippen LogP contribution in [-0.2, 0) is 18.0 Å². The van der Waals surface area contributed by atoms with Crippen molar-refractivity contribution < 1.29 is 32.3 Å². The van der Waals surface area contributed by atoms with Crippen molar-refractivity contribution in [3.8, 4) is 5.75 Å². The summed E-state index contributed by atoms with van der Waals surface area (Å²) in [5.41, 5.74) is -0.0569. The number of carbonyl (C=O) groups excluding carboxylic acids is 2. The zero-order chi connectivity index (χ0) is 22.9. The highest BCUT2D eigenvalue weighted by Gasteiger charge is 2.37. The summed E-state index contributed by atoms with van der Waals surface area (Å²) < 4.78 is 26.7. The van der Waals surface area contributed by atoms with Crippen LogP contribution in [0.25, 0.3) is 0 Å². The van der Waals surface area contributed by atoms with Gasteiger partial charge in [0.05, 0.1) is 18.8 Å². The number of ketones is 1. The van der Waals surface area contributed by atoms with E-state index in [1.165, 1.54) is 0 Å². The van der Waals surface area contributed by atoms with Crippen molar-refractivity contribution in [2.75, 3.05) is 54.2 Å². The maximum absolute atomic E-state index is 13.0. The first kappa shape index (κ1) is 25.4. The van der Waals surface area contributed by atoms with Crippen LogP contribution in [0, 0.1) is 0 Å². The normalized spacial score (nSPS) is 15.5. The highest BCUT2D eigenvalue weighted by Crippen LogP contribution is 2.23. The molecule has 0 aliphatic carbocycles. The average molecular weight is 455 g/mol. The molecule has 1 aromatic rings. The van der Waals surface area contributed by atoms with Crippen LogP contribution in [0.2, 0.25) is 6.04 Å². The number of hydrogen-bond acceptors (Lipinski definition) is 8. The number of morpholine rings is 1. The van der Waals surface area contributed by atoms with Gasteiger partial charge in [0.15, 0.2) is 5.78 Å². The van der Waals surface area contributed by atoms with Crippen LogP contribution in [0.15, 0.2) is 24.3 Å². The smallest absolute Gasteiger partial charge is 0.410 e. The van der Waals surface area contributed by atoms with Crippen molar-refractivity contribution in [3.05, 3.63) is 29.8 Å². The van der Waals surface area contributed by atoms with Gasteiger partial charge < -0.3 is 28.1 Å². The number of hydrogen-bond donors (Lipinski definition) is 1. The summed E-state index contributed by atoms with van der Waals surface area (Å²) in [5.74, 6) is 0.389. The molecular formula is C21H34N2O7Si. The molecule has 0 unspecified atom stereocenters. The second kappa shape index (κ2) is 11.7. The van der Waals surface area contributed by atoms with E-state index in [0.717, 1.165) is 13.1 Å². The second-order valence-electron chi connectivity index (χ2n) is 7.73. The lowest BCUT2D eigenvalue weighted by Gasteiger charge is -2.39. The van der Waals surface area contributed by atoms with Gasteiger partial charge in [-0.25, -0.2) is 4.79 Å². The molecule has 31 heavy (non-hydrogen) atoms. The molecule has 1 aliphatic rings. The number of Topliss-reactive ketones (excluding diaryl/α,β-unsaturated/α-hetero) is 1. The number of nitrogens with one attached hydrogen (secondary N) is 1. The fraction of sp³-hybridized carbons (Fsp3) is 0.619. The van der Waals surface area contributed by atoms with Gasteiger partial charge in [-0.1, -0.05) is 0 Å². The highest BCUT2D eigenvalue weighted by atomic mass is 28.4. The number of nitrogens with zero attached hydrogens (tertiary/aromatic N) is 1. The first-order chi connectivity index (χ1) is 14.8. The van der Waals surface area contributed by atoms with E-state index < -0.39 is 20.4 Å². The lowest BCUT2D eigenvalue weighted by Crippen LogP contribution is -2.54. The van der Waals surface area contributed by atoms with Crippen LogP contribution in [0.4, 0.5) is 4.79 Å². The van der Waals surface area contributed by atoms with Gasteiger partial charge in [0, 0.05) is 52.6 Å². The van der Waals surface area contributed by atoms with Crippen molar-refractivity contribution in [1.29, 1.82) is 0 Å². The Morgan fingerprint density at radius 3 is 2.19 bits per heavy atom. The third-order valence-corrected chi connectivity index (χ3v) is 8.38. The zero-order valence-corrected chi connectivity index (χ0v) is 20.1. The van der Waals surface area contributed by atoms with Crippen LogP contribution in [0.5, 0.6) is 5.75 Å². The van der Waals surface area contributed by atoms with Crippen molar-refractivity contribution in [2.24, 2.45) is 0 Å². The molecule has 1 saturated heterocycles. The molecule has 0 aromatic heterocycles. The molecule has 9 nitrogen and oxygen atoms in total. The van der Waals surface area contributed by atoms with Gasteiger partial charge in [-0.2, -0.15) is 0 Å². The summed E-state index contributed by atoms with van der Waals surface area (Å²) in [6, 6.07) is 7.19. The van der Waals surface area contributed by atoms with Crippen LogP contribution in [0.3, 0.4) is 0 Å². The fourth-order valence-corrected chi connectivity index (χ4v) is 5.21. The summed E-state index contributed by atoms with van der Waals surface area (Å²) in [6.45, 7) is 6.95. The Morgan fingerprint density at radius 2 is 1.65 bits per heavy atom. The Kier molecular flexibility index (Phi) is 9.60. The molecule has 10 heteroatoms. The van der Waals surface area contributed by atoms with Gasteiger partial charge in [0.1, 0.15) is 5.75 Å². The quantitative estimate of drug-likeness (QED) is 0.309. The van der Waals surface area contributed by atoms with Gasteiger partial charge in [0.25, 0.3) is 0 Å². The molecular weight excluding hydrogens is 420 g/mol. The summed E-state index contributed by atoms with van der Waals surface area (Å²) in [7, 11) is 2.02. The molecule has 1 amide bonds. The molecule has 0 atom stereocenters. The van der Waals surface area contributed by atoms with Crippen LogP contribution in [0.1, 0.15) is 30.6 Å². The van der Waals surface area contributed by atoms with E-state index in [9.17, 15) is 9.59 Å². The van der Waals surface area contributed by atoms with E-state index in [0.29, 0.717) is 43.5 Å². The topological polar surface area (TPSA) is 95.6 Å². The van der Waals surface area contributed by atoms with Crippen molar-refractivity contribution in [1.82, 2.24) is 10.2 Å². The monoisotopic (exact) mass is 454 g/mol. The maximum atomic E-state index is 13.0. The predicted molar refractivity (Wildman–Crippen MR) is 117 cm³/mol. The third-order valence-electron chi connectivity index (χ3n) is 5.55. The summed E-state index contributed by atoms with van der Waals surface area (Å²) >= 11 is 0. The summed E-state index contributed by atoms with van der Waals surface area (Å²) in [4.78, 5) is 27.2. The minimum atomic E-state index is -2.64. The molecule has 0 saturated carbocycles. The van der Waals surface area contributed by atoms with Crippen molar-refractivity contribution >= 4 is 20.7 Å². The fourth-order valence-electron chi connectivity index (χ4n) is 3.49. The van der Waals surface area contributed by atoms with E-state index in [2.05, 4.69) is 10.2 Å². The number of amides is 1. The Balaban J connectivity index is 1.83. The average Bonchev–Trinajstić information content (AvgIpc) is 2.80. The Morgan fingerprint density at radius 1 is 1.06 bits per heavy atom. The molecule has 2 rings (SSSR count). The summed E-state index contributed by atoms with van der Waals surface area (Å²) in [6.07, 6.45) is 0.0632. The number of rotatable bonds is 11. The van der Waals surface area contributed by atoms with E-state index in [4.69, 9.17) is 22.8 Å². The van der Waals surface area contributed by atoms with Gasteiger partial charge in [-0.05, 0) is 44.5 Å². The van der Waals surface area contributed by atoms with Gasteiger partial charge >= 0.3 is 14.9 Å². The van der Waals surface area contributed by atoms with Gasteiger partial charge in [0.2, 0.25) is 0 Å². The highest BCUT2D eigenvalue weighted by molar-refractivity contribution is 6.60. The molecule has 1 aromatic carbocycles. The van der Waals surface area contributed by atoms with Crippen molar-refractivity contribution in [3.63, 3.8) is 0 Å². The number of ether oxygens (including phenoxy) is 2. The number of benzene rings is 1. The molecule has 174 valence electrons. The number of carbonyl (C=O) groups is 2. The zero-order valence-electron chi connectivity index (χ0n) is 19.1. The third kappa shape index (κ3) is 6.83. The van der Waals surface area contributed by atoms with E-state index in [-0.39, 0.29) is 5.78 Å². The van der Waals surface area contributed by atoms with Gasteiger partial charge in [-0.15, -0.1) is 0 Å². The summed E-state index contributed by atoms with van der Waals surface area (Å²) in [5, 5.41) is 2.69. The lowest BCUT2D eigenvalue weighted by atomic mass is 9.91. The Bertz CT molecular complexity index is 709. The minimum absolute atomic E-state index is 0.0208. The maximum Gasteiger partial charge on any atom is 0.500 e. The van der Waals surface area contributed by atoms with Crippen LogP contribution in [-0.4, -0.2) is 85.3 Å². The standard InChI is InChI=1S/C21H34N2O7Si/c1-21(2,23-12-14-29-15-13-23)19(24)17-7-9-18(10-8-17)30-20(25)22-11-6-16-31(26-3,27-4)28-5/h7-10H,6,11-16H2,1-5H3,(H,22,25).